The van der Waals surface area contributed by atoms with Crippen molar-refractivity contribution < 1.29 is 0 Å². The number of hydrogen-bond donors (Lipinski definition) is 1. The molecule has 0 radical (unpaired) electrons. The summed E-state index contributed by atoms with van der Waals surface area (Å²) in [7, 11) is 0. The number of nitriles is 1. The zero-order valence-electron chi connectivity index (χ0n) is 7.98. The van der Waals surface area contributed by atoms with Gasteiger partial charge in [0.05, 0.1) is 25.6 Å². The van der Waals surface area contributed by atoms with Gasteiger partial charge in [-0.15, -0.1) is 0 Å². The molecule has 1 aromatic rings. The van der Waals surface area contributed by atoms with Crippen molar-refractivity contribution in [1.82, 2.24) is 20.1 Å². The predicted octanol–water partition coefficient (Wildman–Crippen LogP) is 0.444. The summed E-state index contributed by atoms with van der Waals surface area (Å²) in [5, 5.41) is 15.9. The molecule has 0 amide bonds. The fourth-order valence-electron chi connectivity index (χ4n) is 1.29. The average molecular weight is 191 g/mol. The van der Waals surface area contributed by atoms with E-state index in [0.29, 0.717) is 19.0 Å². The van der Waals surface area contributed by atoms with Crippen LogP contribution in [0.2, 0.25) is 0 Å². The molecule has 1 heterocycles. The lowest BCUT2D eigenvalue weighted by atomic mass is 10.4. The first-order valence-electron chi connectivity index (χ1n) is 4.87. The highest BCUT2D eigenvalue weighted by atomic mass is 15.3. The minimum atomic E-state index is 0.486. The Morgan fingerprint density at radius 1 is 1.64 bits per heavy atom. The Balaban J connectivity index is 1.87. The van der Waals surface area contributed by atoms with Crippen molar-refractivity contribution in [3.8, 4) is 6.07 Å². The van der Waals surface area contributed by atoms with Gasteiger partial charge in [-0.25, -0.2) is 9.67 Å². The van der Waals surface area contributed by atoms with Crippen molar-refractivity contribution in [3.63, 3.8) is 0 Å². The van der Waals surface area contributed by atoms with E-state index >= 15 is 0 Å². The Kier molecular flexibility index (Phi) is 2.75. The largest absolute Gasteiger partial charge is 0.307 e. The standard InChI is InChI=1S/C9H13N5/c10-4-1-5-14-9(12-7-13-14)6-11-8-2-3-8/h7-8,11H,1-3,5-6H2. The maximum Gasteiger partial charge on any atom is 0.140 e. The minimum absolute atomic E-state index is 0.486. The quantitative estimate of drug-likeness (QED) is 0.733. The van der Waals surface area contributed by atoms with E-state index in [1.165, 1.54) is 12.8 Å². The van der Waals surface area contributed by atoms with Crippen molar-refractivity contribution in [3.05, 3.63) is 12.2 Å². The fraction of sp³-hybridized carbons (Fsp3) is 0.667. The molecule has 74 valence electrons. The second-order valence-corrected chi connectivity index (χ2v) is 3.46. The van der Waals surface area contributed by atoms with Crippen molar-refractivity contribution in [2.24, 2.45) is 0 Å². The molecule has 1 aromatic heterocycles. The molecule has 0 saturated heterocycles. The van der Waals surface area contributed by atoms with Crippen molar-refractivity contribution in [1.29, 1.82) is 5.26 Å². The molecule has 0 spiro atoms. The first-order chi connectivity index (χ1) is 6.90. The van der Waals surface area contributed by atoms with Crippen molar-refractivity contribution in [2.45, 2.75) is 38.4 Å². The van der Waals surface area contributed by atoms with E-state index in [9.17, 15) is 0 Å². The SMILES string of the molecule is N#CCCn1ncnc1CNC1CC1. The van der Waals surface area contributed by atoms with Crippen LogP contribution in [0.1, 0.15) is 25.1 Å². The van der Waals surface area contributed by atoms with E-state index in [2.05, 4.69) is 21.5 Å². The van der Waals surface area contributed by atoms with Crippen LogP contribution in [-0.2, 0) is 13.1 Å². The molecule has 0 bridgehead atoms. The van der Waals surface area contributed by atoms with Crippen LogP contribution in [-0.4, -0.2) is 20.8 Å². The first-order valence-corrected chi connectivity index (χ1v) is 4.87. The summed E-state index contributed by atoms with van der Waals surface area (Å²) in [5.41, 5.74) is 0. The molecule has 5 heteroatoms. The van der Waals surface area contributed by atoms with Crippen molar-refractivity contribution in [2.75, 3.05) is 0 Å². The minimum Gasteiger partial charge on any atom is -0.307 e. The topological polar surface area (TPSA) is 66.5 Å². The number of aromatic nitrogens is 3. The molecule has 0 unspecified atom stereocenters. The second kappa shape index (κ2) is 4.20. The molecule has 0 aliphatic heterocycles. The molecule has 5 nitrogen and oxygen atoms in total. The summed E-state index contributed by atoms with van der Waals surface area (Å²) in [6.45, 7) is 1.40. The number of rotatable bonds is 5. The highest BCUT2D eigenvalue weighted by Crippen LogP contribution is 2.18. The van der Waals surface area contributed by atoms with E-state index in [-0.39, 0.29) is 0 Å². The smallest absolute Gasteiger partial charge is 0.140 e. The van der Waals surface area contributed by atoms with Crippen LogP contribution < -0.4 is 5.32 Å². The zero-order chi connectivity index (χ0) is 9.80. The van der Waals surface area contributed by atoms with Gasteiger partial charge < -0.3 is 5.32 Å². The van der Waals surface area contributed by atoms with Gasteiger partial charge >= 0.3 is 0 Å². The van der Waals surface area contributed by atoms with Gasteiger partial charge in [0.15, 0.2) is 0 Å². The lowest BCUT2D eigenvalue weighted by Gasteiger charge is -2.03. The van der Waals surface area contributed by atoms with E-state index in [0.717, 1.165) is 12.4 Å². The molecule has 14 heavy (non-hydrogen) atoms. The molecule has 0 atom stereocenters. The summed E-state index contributed by atoms with van der Waals surface area (Å²) in [6, 6.07) is 2.78. The Hall–Kier alpha value is -1.41. The maximum atomic E-state index is 8.46. The van der Waals surface area contributed by atoms with E-state index in [1.54, 1.807) is 11.0 Å². The highest BCUT2D eigenvalue weighted by Gasteiger charge is 2.20. The Labute approximate surface area is 82.7 Å². The Morgan fingerprint density at radius 3 is 3.21 bits per heavy atom. The Morgan fingerprint density at radius 2 is 2.50 bits per heavy atom. The maximum absolute atomic E-state index is 8.46. The molecule has 1 N–H and O–H groups in total. The predicted molar refractivity (Wildman–Crippen MR) is 50.1 cm³/mol. The summed E-state index contributed by atoms with van der Waals surface area (Å²) in [6.07, 6.45) is 4.57. The summed E-state index contributed by atoms with van der Waals surface area (Å²) in [4.78, 5) is 4.15. The highest BCUT2D eigenvalue weighted by molar-refractivity contribution is 4.89. The molecule has 1 saturated carbocycles. The van der Waals surface area contributed by atoms with Crippen LogP contribution >= 0.6 is 0 Å². The summed E-state index contributed by atoms with van der Waals surface area (Å²) < 4.78 is 1.79. The van der Waals surface area contributed by atoms with Gasteiger partial charge in [0, 0.05) is 6.04 Å². The average Bonchev–Trinajstić information content (AvgIpc) is 2.92. The molecule has 1 aliphatic carbocycles. The lowest BCUT2D eigenvalue weighted by Crippen LogP contribution is -2.19. The molecule has 0 aromatic carbocycles. The number of nitrogens with one attached hydrogen (secondary N) is 1. The van der Waals surface area contributed by atoms with Gasteiger partial charge in [-0.3, -0.25) is 0 Å². The van der Waals surface area contributed by atoms with E-state index in [1.807, 2.05) is 0 Å². The fourth-order valence-corrected chi connectivity index (χ4v) is 1.29. The number of nitrogens with zero attached hydrogens (tertiary/aromatic N) is 4. The van der Waals surface area contributed by atoms with Gasteiger partial charge in [0.2, 0.25) is 0 Å². The molecule has 1 fully saturated rings. The van der Waals surface area contributed by atoms with Gasteiger partial charge in [-0.05, 0) is 12.8 Å². The van der Waals surface area contributed by atoms with Crippen LogP contribution in [0.4, 0.5) is 0 Å². The molecular weight excluding hydrogens is 178 g/mol. The molecule has 1 aliphatic rings. The number of aryl methyl sites for hydroxylation is 1. The normalized spacial score (nSPS) is 15.4. The lowest BCUT2D eigenvalue weighted by molar-refractivity contribution is 0.555. The molecule has 2 rings (SSSR count). The first kappa shape index (κ1) is 9.16. The Bertz CT molecular complexity index is 333. The van der Waals surface area contributed by atoms with E-state index < -0.39 is 0 Å². The van der Waals surface area contributed by atoms with Gasteiger partial charge in [0.1, 0.15) is 12.2 Å². The van der Waals surface area contributed by atoms with Gasteiger partial charge in [-0.1, -0.05) is 0 Å². The van der Waals surface area contributed by atoms with Crippen LogP contribution in [0.25, 0.3) is 0 Å². The van der Waals surface area contributed by atoms with Crippen LogP contribution in [0, 0.1) is 11.3 Å². The summed E-state index contributed by atoms with van der Waals surface area (Å²) in [5.74, 6) is 0.923. The third kappa shape index (κ3) is 2.30. The van der Waals surface area contributed by atoms with Crippen LogP contribution in [0.3, 0.4) is 0 Å². The van der Waals surface area contributed by atoms with Crippen molar-refractivity contribution >= 4 is 0 Å². The third-order valence-corrected chi connectivity index (χ3v) is 2.26. The van der Waals surface area contributed by atoms with E-state index in [4.69, 9.17) is 5.26 Å². The van der Waals surface area contributed by atoms with Gasteiger partial charge in [0.25, 0.3) is 0 Å². The number of hydrogen-bond acceptors (Lipinski definition) is 4. The van der Waals surface area contributed by atoms with Gasteiger partial charge in [-0.2, -0.15) is 10.4 Å². The van der Waals surface area contributed by atoms with Crippen LogP contribution in [0.5, 0.6) is 0 Å². The monoisotopic (exact) mass is 191 g/mol. The zero-order valence-corrected chi connectivity index (χ0v) is 7.98. The third-order valence-electron chi connectivity index (χ3n) is 2.26. The van der Waals surface area contributed by atoms with Crippen LogP contribution in [0.15, 0.2) is 6.33 Å². The molecular formula is C9H13N5. The second-order valence-electron chi connectivity index (χ2n) is 3.46. The summed E-state index contributed by atoms with van der Waals surface area (Å²) >= 11 is 0.